The third kappa shape index (κ3) is 3.17. The fourth-order valence-electron chi connectivity index (χ4n) is 4.55. The van der Waals surface area contributed by atoms with E-state index in [0.29, 0.717) is 6.04 Å². The van der Waals surface area contributed by atoms with Crippen LogP contribution in [-0.4, -0.2) is 43.0 Å². The van der Waals surface area contributed by atoms with Crippen molar-refractivity contribution in [3.63, 3.8) is 0 Å². The number of benzene rings is 2. The van der Waals surface area contributed by atoms with Gasteiger partial charge in [0, 0.05) is 32.2 Å². The van der Waals surface area contributed by atoms with Gasteiger partial charge in [0.2, 0.25) is 0 Å². The predicted molar refractivity (Wildman–Crippen MR) is 101 cm³/mol. The van der Waals surface area contributed by atoms with E-state index >= 15 is 0 Å². The lowest BCUT2D eigenvalue weighted by Crippen LogP contribution is -2.29. The predicted octanol–water partition coefficient (Wildman–Crippen LogP) is 3.93. The lowest BCUT2D eigenvalue weighted by molar-refractivity contribution is 0.237. The molecule has 124 valence electrons. The van der Waals surface area contributed by atoms with E-state index < -0.39 is 0 Å². The van der Waals surface area contributed by atoms with E-state index in [4.69, 9.17) is 0 Å². The van der Waals surface area contributed by atoms with Crippen LogP contribution in [0.1, 0.15) is 17.2 Å². The molecule has 2 aliphatic heterocycles. The maximum atomic E-state index is 2.62. The lowest BCUT2D eigenvalue weighted by Gasteiger charge is -2.26. The summed E-state index contributed by atoms with van der Waals surface area (Å²) in [5.41, 5.74) is 2.77. The van der Waals surface area contributed by atoms with Crippen LogP contribution in [0.3, 0.4) is 0 Å². The monoisotopic (exact) mass is 318 g/mol. The second-order valence-corrected chi connectivity index (χ2v) is 7.25. The van der Waals surface area contributed by atoms with Gasteiger partial charge in [0.1, 0.15) is 0 Å². The summed E-state index contributed by atoms with van der Waals surface area (Å²) in [6.07, 6.45) is 4.56. The molecule has 2 fully saturated rings. The number of nitrogens with zero attached hydrogens (tertiary/aromatic N) is 2. The highest BCUT2D eigenvalue weighted by Crippen LogP contribution is 2.43. The average Bonchev–Trinajstić information content (AvgIpc) is 3.12. The van der Waals surface area contributed by atoms with Crippen LogP contribution in [0, 0.1) is 11.8 Å². The summed E-state index contributed by atoms with van der Waals surface area (Å²) in [7, 11) is 2.29. The van der Waals surface area contributed by atoms with Gasteiger partial charge in [-0.1, -0.05) is 72.8 Å². The summed E-state index contributed by atoms with van der Waals surface area (Å²) in [5.74, 6) is 1.58. The minimum atomic E-state index is 0.583. The summed E-state index contributed by atoms with van der Waals surface area (Å²) in [5, 5.41) is 0. The molecule has 0 spiro atoms. The summed E-state index contributed by atoms with van der Waals surface area (Å²) in [6, 6.07) is 22.2. The first-order valence-corrected chi connectivity index (χ1v) is 9.00. The topological polar surface area (TPSA) is 6.48 Å². The SMILES string of the molecule is CN1C[C@H]2CN(CC=Cc3ccccc3)C[C@H]2[C@@H]1c1ccccc1. The molecule has 2 heterocycles. The summed E-state index contributed by atoms with van der Waals surface area (Å²) < 4.78 is 0. The van der Waals surface area contributed by atoms with Gasteiger partial charge in [0.25, 0.3) is 0 Å². The molecule has 0 saturated carbocycles. The zero-order valence-electron chi connectivity index (χ0n) is 14.4. The molecule has 4 rings (SSSR count). The summed E-state index contributed by atoms with van der Waals surface area (Å²) in [6.45, 7) is 4.74. The smallest absolute Gasteiger partial charge is 0.0389 e. The first-order valence-electron chi connectivity index (χ1n) is 9.00. The van der Waals surface area contributed by atoms with Gasteiger partial charge >= 0.3 is 0 Å². The van der Waals surface area contributed by atoms with E-state index in [1.54, 1.807) is 0 Å². The largest absolute Gasteiger partial charge is 0.299 e. The van der Waals surface area contributed by atoms with Gasteiger partial charge in [0.15, 0.2) is 0 Å². The van der Waals surface area contributed by atoms with Crippen LogP contribution in [0.25, 0.3) is 6.08 Å². The van der Waals surface area contributed by atoms with E-state index in [9.17, 15) is 0 Å². The fraction of sp³-hybridized carbons (Fsp3) is 0.364. The molecule has 0 amide bonds. The number of fused-ring (bicyclic) bond motifs is 1. The highest BCUT2D eigenvalue weighted by Gasteiger charge is 2.45. The Kier molecular flexibility index (Phi) is 4.50. The number of hydrogen-bond donors (Lipinski definition) is 0. The first kappa shape index (κ1) is 15.6. The molecule has 2 nitrogen and oxygen atoms in total. The van der Waals surface area contributed by atoms with Crippen LogP contribution < -0.4 is 0 Å². The van der Waals surface area contributed by atoms with Crippen LogP contribution in [0.2, 0.25) is 0 Å². The van der Waals surface area contributed by atoms with Gasteiger partial charge in [0.05, 0.1) is 0 Å². The molecule has 24 heavy (non-hydrogen) atoms. The van der Waals surface area contributed by atoms with Crippen LogP contribution in [0.4, 0.5) is 0 Å². The Balaban J connectivity index is 1.40. The van der Waals surface area contributed by atoms with Crippen molar-refractivity contribution < 1.29 is 0 Å². The third-order valence-corrected chi connectivity index (χ3v) is 5.58. The van der Waals surface area contributed by atoms with E-state index in [1.165, 1.54) is 30.8 Å². The van der Waals surface area contributed by atoms with Crippen LogP contribution in [-0.2, 0) is 0 Å². The molecule has 2 aromatic rings. The first-order chi connectivity index (χ1) is 11.8. The molecule has 0 unspecified atom stereocenters. The average molecular weight is 318 g/mol. The minimum Gasteiger partial charge on any atom is -0.299 e. The van der Waals surface area contributed by atoms with Gasteiger partial charge in [-0.25, -0.2) is 0 Å². The third-order valence-electron chi connectivity index (χ3n) is 5.58. The molecule has 2 aromatic carbocycles. The van der Waals surface area contributed by atoms with Gasteiger partial charge in [-0.05, 0) is 30.0 Å². The Bertz CT molecular complexity index is 680. The highest BCUT2D eigenvalue weighted by atomic mass is 15.2. The molecular weight excluding hydrogens is 292 g/mol. The Hall–Kier alpha value is -1.90. The quantitative estimate of drug-likeness (QED) is 0.842. The second-order valence-electron chi connectivity index (χ2n) is 7.25. The maximum absolute atomic E-state index is 2.62. The molecule has 0 radical (unpaired) electrons. The number of rotatable bonds is 4. The Labute approximate surface area is 145 Å². The Morgan fingerprint density at radius 1 is 0.917 bits per heavy atom. The van der Waals surface area contributed by atoms with Crippen LogP contribution in [0.15, 0.2) is 66.7 Å². The molecule has 2 saturated heterocycles. The summed E-state index contributed by atoms with van der Waals surface area (Å²) >= 11 is 0. The van der Waals surface area contributed by atoms with Crippen molar-refractivity contribution in [3.05, 3.63) is 77.9 Å². The molecule has 2 heteroatoms. The van der Waals surface area contributed by atoms with Crippen molar-refractivity contribution in [2.24, 2.45) is 11.8 Å². The standard InChI is InChI=1S/C22H26N2/c1-23-15-20-16-24(14-8-11-18-9-4-2-5-10-18)17-21(20)22(23)19-12-6-3-7-13-19/h2-13,20-22H,14-17H2,1H3/t20-,21+,22-/m0/s1. The van der Waals surface area contributed by atoms with Crippen LogP contribution >= 0.6 is 0 Å². The Morgan fingerprint density at radius 2 is 1.62 bits per heavy atom. The molecule has 0 bridgehead atoms. The number of likely N-dealkylation sites (tertiary alicyclic amines) is 2. The second kappa shape index (κ2) is 6.92. The highest BCUT2D eigenvalue weighted by molar-refractivity contribution is 5.48. The van der Waals surface area contributed by atoms with E-state index in [0.717, 1.165) is 18.4 Å². The Morgan fingerprint density at radius 3 is 2.38 bits per heavy atom. The van der Waals surface area contributed by atoms with Crippen molar-refractivity contribution >= 4 is 6.08 Å². The minimum absolute atomic E-state index is 0.583. The van der Waals surface area contributed by atoms with Gasteiger partial charge in [-0.3, -0.25) is 9.80 Å². The van der Waals surface area contributed by atoms with Crippen molar-refractivity contribution in [2.45, 2.75) is 6.04 Å². The van der Waals surface area contributed by atoms with E-state index in [1.807, 2.05) is 0 Å². The van der Waals surface area contributed by atoms with Crippen molar-refractivity contribution in [2.75, 3.05) is 33.2 Å². The zero-order chi connectivity index (χ0) is 16.4. The molecule has 0 aliphatic carbocycles. The lowest BCUT2D eigenvalue weighted by atomic mass is 9.90. The summed E-state index contributed by atoms with van der Waals surface area (Å²) in [4.78, 5) is 5.18. The van der Waals surface area contributed by atoms with Gasteiger partial charge in [-0.15, -0.1) is 0 Å². The van der Waals surface area contributed by atoms with Crippen molar-refractivity contribution in [1.82, 2.24) is 9.80 Å². The van der Waals surface area contributed by atoms with E-state index in [2.05, 4.69) is 89.7 Å². The molecule has 0 N–H and O–H groups in total. The fourth-order valence-corrected chi connectivity index (χ4v) is 4.55. The molecular formula is C22H26N2. The van der Waals surface area contributed by atoms with Gasteiger partial charge < -0.3 is 0 Å². The van der Waals surface area contributed by atoms with Gasteiger partial charge in [-0.2, -0.15) is 0 Å². The van der Waals surface area contributed by atoms with Crippen molar-refractivity contribution in [1.29, 1.82) is 0 Å². The van der Waals surface area contributed by atoms with Crippen LogP contribution in [0.5, 0.6) is 0 Å². The molecule has 3 atom stereocenters. The zero-order valence-corrected chi connectivity index (χ0v) is 14.4. The molecule has 2 aliphatic rings. The normalized spacial score (nSPS) is 27.8. The molecule has 0 aromatic heterocycles. The maximum Gasteiger partial charge on any atom is 0.0389 e. The van der Waals surface area contributed by atoms with E-state index in [-0.39, 0.29) is 0 Å². The van der Waals surface area contributed by atoms with Crippen molar-refractivity contribution in [3.8, 4) is 0 Å². The number of hydrogen-bond acceptors (Lipinski definition) is 2.